The third-order valence-electron chi connectivity index (χ3n) is 2.11. The first-order chi connectivity index (χ1) is 7.63. The van der Waals surface area contributed by atoms with Crippen LogP contribution in [0.5, 0.6) is 0 Å². The van der Waals surface area contributed by atoms with Crippen molar-refractivity contribution in [2.75, 3.05) is 7.11 Å². The Morgan fingerprint density at radius 1 is 1.50 bits per heavy atom. The highest BCUT2D eigenvalue weighted by molar-refractivity contribution is 6.28. The summed E-state index contributed by atoms with van der Waals surface area (Å²) in [6.07, 6.45) is 0. The normalized spacial score (nSPS) is 10.4. The highest BCUT2D eigenvalue weighted by Gasteiger charge is 2.13. The van der Waals surface area contributed by atoms with E-state index in [1.807, 2.05) is 0 Å². The molecule has 5 nitrogen and oxygen atoms in total. The number of fused-ring (bicyclic) bond motifs is 1. The molecular formula is C10H7ClN2O3. The Hall–Kier alpha value is -1.88. The van der Waals surface area contributed by atoms with Crippen LogP contribution in [-0.4, -0.2) is 23.0 Å². The first-order valence-corrected chi connectivity index (χ1v) is 4.78. The van der Waals surface area contributed by atoms with Gasteiger partial charge in [-0.2, -0.15) is 0 Å². The molecule has 2 aromatic rings. The summed E-state index contributed by atoms with van der Waals surface area (Å²) in [5, 5.41) is 0.237. The summed E-state index contributed by atoms with van der Waals surface area (Å²) >= 11 is 5.63. The van der Waals surface area contributed by atoms with Crippen molar-refractivity contribution in [2.24, 2.45) is 0 Å². The first kappa shape index (κ1) is 10.6. The Kier molecular flexibility index (Phi) is 2.62. The smallest absolute Gasteiger partial charge is 0.340 e. The highest BCUT2D eigenvalue weighted by Crippen LogP contribution is 2.15. The van der Waals surface area contributed by atoms with Gasteiger partial charge in [-0.1, -0.05) is 6.07 Å². The number of rotatable bonds is 1. The number of aromatic nitrogens is 2. The summed E-state index contributed by atoms with van der Waals surface area (Å²) in [7, 11) is 1.26. The van der Waals surface area contributed by atoms with Crippen LogP contribution in [0.3, 0.4) is 0 Å². The molecule has 1 aromatic heterocycles. The predicted octanol–water partition coefficient (Wildman–Crippen LogP) is 1.36. The monoisotopic (exact) mass is 238 g/mol. The van der Waals surface area contributed by atoms with Gasteiger partial charge in [-0.3, -0.25) is 9.78 Å². The number of carbonyl (C=O) groups excluding carboxylic acids is 1. The predicted molar refractivity (Wildman–Crippen MR) is 58.7 cm³/mol. The minimum Gasteiger partial charge on any atom is -0.465 e. The lowest BCUT2D eigenvalue weighted by atomic mass is 10.1. The fraction of sp³-hybridized carbons (Fsp3) is 0.100. The van der Waals surface area contributed by atoms with Crippen molar-refractivity contribution in [1.29, 1.82) is 0 Å². The Morgan fingerprint density at radius 2 is 2.25 bits per heavy atom. The summed E-state index contributed by atoms with van der Waals surface area (Å²) in [5.41, 5.74) is 0.0665. The fourth-order valence-corrected chi connectivity index (χ4v) is 1.58. The molecule has 0 bridgehead atoms. The van der Waals surface area contributed by atoms with Gasteiger partial charge in [0, 0.05) is 0 Å². The van der Waals surface area contributed by atoms with Crippen molar-refractivity contribution in [3.8, 4) is 0 Å². The van der Waals surface area contributed by atoms with Gasteiger partial charge in [-0.15, -0.1) is 0 Å². The summed E-state index contributed by atoms with van der Waals surface area (Å²) in [6.45, 7) is 0. The Balaban J connectivity index is 2.87. The summed E-state index contributed by atoms with van der Waals surface area (Å²) in [5.74, 6) is -0.556. The lowest BCUT2D eigenvalue weighted by molar-refractivity contribution is 0.0603. The molecule has 0 fully saturated rings. The average molecular weight is 239 g/mol. The minimum absolute atomic E-state index is 0.0612. The van der Waals surface area contributed by atoms with E-state index in [2.05, 4.69) is 14.7 Å². The molecule has 0 spiro atoms. The van der Waals surface area contributed by atoms with E-state index in [1.165, 1.54) is 13.2 Å². The zero-order chi connectivity index (χ0) is 11.7. The van der Waals surface area contributed by atoms with Crippen molar-refractivity contribution < 1.29 is 9.53 Å². The number of carbonyl (C=O) groups is 1. The highest BCUT2D eigenvalue weighted by atomic mass is 35.5. The van der Waals surface area contributed by atoms with E-state index in [-0.39, 0.29) is 21.9 Å². The summed E-state index contributed by atoms with van der Waals surface area (Å²) in [4.78, 5) is 29.2. The van der Waals surface area contributed by atoms with Gasteiger partial charge in [0.2, 0.25) is 5.28 Å². The number of hydrogen-bond acceptors (Lipinski definition) is 4. The molecule has 0 radical (unpaired) electrons. The standard InChI is InChI=1S/C10H7ClN2O3/c1-16-9(15)6-4-2-3-5-7(6)12-10(11)13-8(5)14/h2-4H,1H3,(H,12,13,14). The van der Waals surface area contributed by atoms with Gasteiger partial charge in [-0.05, 0) is 23.7 Å². The largest absolute Gasteiger partial charge is 0.465 e. The Bertz CT molecular complexity index is 621. The van der Waals surface area contributed by atoms with Gasteiger partial charge < -0.3 is 4.74 Å². The molecule has 0 aliphatic carbocycles. The third-order valence-corrected chi connectivity index (χ3v) is 2.29. The van der Waals surface area contributed by atoms with E-state index >= 15 is 0 Å². The number of nitrogens with one attached hydrogen (secondary N) is 1. The van der Waals surface area contributed by atoms with Crippen molar-refractivity contribution in [2.45, 2.75) is 0 Å². The van der Waals surface area contributed by atoms with E-state index in [9.17, 15) is 9.59 Å². The van der Waals surface area contributed by atoms with Crippen LogP contribution in [-0.2, 0) is 4.74 Å². The second-order valence-corrected chi connectivity index (χ2v) is 3.41. The van der Waals surface area contributed by atoms with E-state index in [4.69, 9.17) is 11.6 Å². The van der Waals surface area contributed by atoms with Crippen LogP contribution in [0.1, 0.15) is 10.4 Å². The zero-order valence-corrected chi connectivity index (χ0v) is 9.04. The number of benzene rings is 1. The second-order valence-electron chi connectivity index (χ2n) is 3.05. The van der Waals surface area contributed by atoms with Crippen LogP contribution in [0.25, 0.3) is 10.9 Å². The molecule has 0 saturated heterocycles. The van der Waals surface area contributed by atoms with Crippen molar-refractivity contribution >= 4 is 28.5 Å². The number of halogens is 1. The molecule has 0 unspecified atom stereocenters. The van der Waals surface area contributed by atoms with Gasteiger partial charge in [0.15, 0.2) is 0 Å². The molecule has 1 N–H and O–H groups in total. The Morgan fingerprint density at radius 3 is 2.94 bits per heavy atom. The lowest BCUT2D eigenvalue weighted by Gasteiger charge is -2.03. The van der Waals surface area contributed by atoms with Crippen LogP contribution in [0, 0.1) is 0 Å². The fourth-order valence-electron chi connectivity index (χ4n) is 1.41. The lowest BCUT2D eigenvalue weighted by Crippen LogP contribution is -2.11. The first-order valence-electron chi connectivity index (χ1n) is 4.40. The molecule has 1 heterocycles. The van der Waals surface area contributed by atoms with Crippen molar-refractivity contribution in [3.63, 3.8) is 0 Å². The van der Waals surface area contributed by atoms with Crippen LogP contribution in [0.15, 0.2) is 23.0 Å². The molecular weight excluding hydrogens is 232 g/mol. The molecule has 1 aromatic carbocycles. The maximum atomic E-state index is 11.5. The van der Waals surface area contributed by atoms with Gasteiger partial charge in [0.1, 0.15) is 0 Å². The van der Waals surface area contributed by atoms with Gasteiger partial charge >= 0.3 is 5.97 Å². The van der Waals surface area contributed by atoms with Crippen molar-refractivity contribution in [3.05, 3.63) is 39.4 Å². The van der Waals surface area contributed by atoms with Gasteiger partial charge in [-0.25, -0.2) is 9.78 Å². The molecule has 2 rings (SSSR count). The maximum absolute atomic E-state index is 11.5. The van der Waals surface area contributed by atoms with E-state index in [0.717, 1.165) is 0 Å². The molecule has 0 saturated carbocycles. The summed E-state index contributed by atoms with van der Waals surface area (Å²) in [6, 6.07) is 4.67. The number of methoxy groups -OCH3 is 1. The van der Waals surface area contributed by atoms with Gasteiger partial charge in [0.25, 0.3) is 5.56 Å². The molecule has 0 amide bonds. The average Bonchev–Trinajstić information content (AvgIpc) is 2.27. The van der Waals surface area contributed by atoms with Crippen molar-refractivity contribution in [1.82, 2.24) is 9.97 Å². The number of para-hydroxylation sites is 1. The van der Waals surface area contributed by atoms with Crippen LogP contribution in [0.4, 0.5) is 0 Å². The molecule has 82 valence electrons. The number of hydrogen-bond donors (Lipinski definition) is 1. The molecule has 0 aliphatic heterocycles. The summed E-state index contributed by atoms with van der Waals surface area (Å²) < 4.78 is 4.59. The number of ether oxygens (including phenoxy) is 1. The Labute approximate surface area is 95.0 Å². The molecule has 16 heavy (non-hydrogen) atoms. The quantitative estimate of drug-likeness (QED) is 0.602. The van der Waals surface area contributed by atoms with Gasteiger partial charge in [0.05, 0.1) is 23.6 Å². The molecule has 0 aliphatic rings. The number of H-pyrrole nitrogens is 1. The second kappa shape index (κ2) is 3.94. The topological polar surface area (TPSA) is 72.1 Å². The minimum atomic E-state index is -0.556. The van der Waals surface area contributed by atoms with E-state index < -0.39 is 5.97 Å². The molecule has 6 heteroatoms. The third kappa shape index (κ3) is 1.65. The van der Waals surface area contributed by atoms with Crippen LogP contribution in [0.2, 0.25) is 5.28 Å². The van der Waals surface area contributed by atoms with E-state index in [1.54, 1.807) is 12.1 Å². The number of esters is 1. The molecule has 0 atom stereocenters. The van der Waals surface area contributed by atoms with Crippen LogP contribution < -0.4 is 5.56 Å². The number of aromatic amines is 1. The zero-order valence-electron chi connectivity index (χ0n) is 8.28. The SMILES string of the molecule is COC(=O)c1cccc2c(=O)[nH]c(Cl)nc12. The maximum Gasteiger partial charge on any atom is 0.340 e. The van der Waals surface area contributed by atoms with E-state index in [0.29, 0.717) is 5.39 Å². The van der Waals surface area contributed by atoms with Crippen LogP contribution >= 0.6 is 11.6 Å². The number of nitrogens with zero attached hydrogens (tertiary/aromatic N) is 1.